The van der Waals surface area contributed by atoms with Crippen LogP contribution in [0.4, 0.5) is 13.2 Å². The fourth-order valence-electron chi connectivity index (χ4n) is 2.28. The summed E-state index contributed by atoms with van der Waals surface area (Å²) in [6.07, 6.45) is -5.13. The van der Waals surface area contributed by atoms with Crippen molar-refractivity contribution in [3.8, 4) is 0 Å². The van der Waals surface area contributed by atoms with Crippen molar-refractivity contribution in [1.29, 1.82) is 0 Å². The highest BCUT2D eigenvalue weighted by molar-refractivity contribution is 14.0. The number of aliphatic imine (C=N–C) groups is 1. The first-order valence-electron chi connectivity index (χ1n) is 9.11. The Kier molecular flexibility index (Phi) is 12.7. The molecule has 5 nitrogen and oxygen atoms in total. The van der Waals surface area contributed by atoms with E-state index < -0.39 is 17.8 Å². The van der Waals surface area contributed by atoms with E-state index in [-0.39, 0.29) is 43.2 Å². The van der Waals surface area contributed by atoms with Gasteiger partial charge in [-0.25, -0.2) is 0 Å². The maximum atomic E-state index is 12.9. The summed E-state index contributed by atoms with van der Waals surface area (Å²) in [6.45, 7) is 9.14. The summed E-state index contributed by atoms with van der Waals surface area (Å²) < 4.78 is 44.0. The van der Waals surface area contributed by atoms with Crippen LogP contribution in [-0.4, -0.2) is 43.5 Å². The first-order valence-corrected chi connectivity index (χ1v) is 9.11. The molecule has 2 atom stereocenters. The molecule has 0 radical (unpaired) electrons. The van der Waals surface area contributed by atoms with E-state index in [2.05, 4.69) is 15.6 Å². The van der Waals surface area contributed by atoms with Gasteiger partial charge in [0, 0.05) is 13.2 Å². The Bertz CT molecular complexity index is 598. The first kappa shape index (κ1) is 26.9. The van der Waals surface area contributed by atoms with E-state index in [1.165, 1.54) is 6.07 Å². The average Bonchev–Trinajstić information content (AvgIpc) is 2.59. The van der Waals surface area contributed by atoms with Gasteiger partial charge in [-0.15, -0.1) is 24.0 Å². The van der Waals surface area contributed by atoms with Crippen molar-refractivity contribution in [3.63, 3.8) is 0 Å². The van der Waals surface area contributed by atoms with Crippen LogP contribution in [-0.2, 0) is 10.9 Å². The minimum absolute atomic E-state index is 0. The van der Waals surface area contributed by atoms with E-state index in [9.17, 15) is 18.3 Å². The van der Waals surface area contributed by atoms with Gasteiger partial charge in [0.25, 0.3) is 0 Å². The molecule has 0 aliphatic carbocycles. The maximum absolute atomic E-state index is 12.9. The highest BCUT2D eigenvalue weighted by Crippen LogP contribution is 2.30. The van der Waals surface area contributed by atoms with Gasteiger partial charge in [0.05, 0.1) is 30.9 Å². The van der Waals surface area contributed by atoms with Crippen LogP contribution in [0.1, 0.15) is 44.9 Å². The van der Waals surface area contributed by atoms with Gasteiger partial charge in [-0.1, -0.05) is 26.0 Å². The average molecular weight is 517 g/mol. The molecule has 0 heterocycles. The number of aliphatic hydroxyl groups is 1. The highest BCUT2D eigenvalue weighted by atomic mass is 127. The van der Waals surface area contributed by atoms with Gasteiger partial charge in [0.15, 0.2) is 5.96 Å². The van der Waals surface area contributed by atoms with Crippen molar-refractivity contribution in [3.05, 3.63) is 35.4 Å². The largest absolute Gasteiger partial charge is 0.416 e. The lowest BCUT2D eigenvalue weighted by Crippen LogP contribution is -2.39. The first-order chi connectivity index (χ1) is 12.6. The lowest BCUT2D eigenvalue weighted by molar-refractivity contribution is -0.137. The molecule has 0 amide bonds. The number of hydrogen-bond donors (Lipinski definition) is 3. The Morgan fingerprint density at radius 2 is 1.89 bits per heavy atom. The quantitative estimate of drug-likeness (QED) is 0.264. The summed E-state index contributed by atoms with van der Waals surface area (Å²) in [7, 11) is 0. The van der Waals surface area contributed by atoms with Crippen molar-refractivity contribution in [2.24, 2.45) is 10.9 Å². The van der Waals surface area contributed by atoms with Gasteiger partial charge in [-0.05, 0) is 37.5 Å². The number of hydrogen-bond acceptors (Lipinski definition) is 3. The number of halogens is 4. The summed E-state index contributed by atoms with van der Waals surface area (Å²) in [5, 5.41) is 16.0. The maximum Gasteiger partial charge on any atom is 0.416 e. The second kappa shape index (κ2) is 13.2. The van der Waals surface area contributed by atoms with Gasteiger partial charge < -0.3 is 20.5 Å². The predicted molar refractivity (Wildman–Crippen MR) is 116 cm³/mol. The number of nitrogens with zero attached hydrogens (tertiary/aromatic N) is 1. The molecule has 0 aliphatic heterocycles. The molecule has 3 N–H and O–H groups in total. The van der Waals surface area contributed by atoms with Crippen molar-refractivity contribution in [2.45, 2.75) is 46.0 Å². The van der Waals surface area contributed by atoms with E-state index in [0.29, 0.717) is 30.6 Å². The SMILES string of the molecule is CCNC(=NCC(O)COCC(C)C)NC(C)c1cccc(C(F)(F)F)c1.I. The molecule has 0 fully saturated rings. The molecule has 0 spiro atoms. The van der Waals surface area contributed by atoms with Crippen LogP contribution in [0.2, 0.25) is 0 Å². The molecule has 28 heavy (non-hydrogen) atoms. The molecule has 1 aromatic carbocycles. The van der Waals surface area contributed by atoms with Crippen LogP contribution in [0.5, 0.6) is 0 Å². The predicted octanol–water partition coefficient (Wildman–Crippen LogP) is 3.97. The molecular formula is C19H31F3IN3O2. The topological polar surface area (TPSA) is 65.9 Å². The molecule has 0 aromatic heterocycles. The molecule has 9 heteroatoms. The standard InChI is InChI=1S/C19H30F3N3O2.HI/c1-5-23-18(24-10-17(26)12-27-11-13(2)3)25-14(4)15-7-6-8-16(9-15)19(20,21)22;/h6-9,13-14,17,26H,5,10-12H2,1-4H3,(H2,23,24,25);1H. The summed E-state index contributed by atoms with van der Waals surface area (Å²) in [6, 6.07) is 4.79. The van der Waals surface area contributed by atoms with Gasteiger partial charge in [-0.2, -0.15) is 13.2 Å². The number of benzene rings is 1. The van der Waals surface area contributed by atoms with E-state index in [1.54, 1.807) is 13.0 Å². The zero-order chi connectivity index (χ0) is 20.4. The number of guanidine groups is 1. The highest BCUT2D eigenvalue weighted by Gasteiger charge is 2.30. The number of nitrogens with one attached hydrogen (secondary N) is 2. The van der Waals surface area contributed by atoms with Crippen LogP contribution >= 0.6 is 24.0 Å². The smallest absolute Gasteiger partial charge is 0.389 e. The van der Waals surface area contributed by atoms with Crippen molar-refractivity contribution in [1.82, 2.24) is 10.6 Å². The Morgan fingerprint density at radius 1 is 1.21 bits per heavy atom. The zero-order valence-corrected chi connectivity index (χ0v) is 19.0. The van der Waals surface area contributed by atoms with Gasteiger partial charge in [0.1, 0.15) is 0 Å². The minimum atomic E-state index is -4.38. The van der Waals surface area contributed by atoms with Crippen LogP contribution in [0.3, 0.4) is 0 Å². The number of rotatable bonds is 9. The lowest BCUT2D eigenvalue weighted by atomic mass is 10.1. The normalized spacial score (nSPS) is 14.4. The Morgan fingerprint density at radius 3 is 2.46 bits per heavy atom. The van der Waals surface area contributed by atoms with Crippen LogP contribution < -0.4 is 10.6 Å². The van der Waals surface area contributed by atoms with Crippen molar-refractivity contribution in [2.75, 3.05) is 26.3 Å². The Labute approximate surface area is 182 Å². The minimum Gasteiger partial charge on any atom is -0.389 e. The molecule has 1 rings (SSSR count). The number of aliphatic hydroxyl groups excluding tert-OH is 1. The molecule has 0 saturated heterocycles. The zero-order valence-electron chi connectivity index (χ0n) is 16.7. The number of ether oxygens (including phenoxy) is 1. The third-order valence-corrected chi connectivity index (χ3v) is 3.63. The third kappa shape index (κ3) is 10.5. The summed E-state index contributed by atoms with van der Waals surface area (Å²) in [5.41, 5.74) is -0.190. The molecular weight excluding hydrogens is 486 g/mol. The summed E-state index contributed by atoms with van der Waals surface area (Å²) >= 11 is 0. The second-order valence-corrected chi connectivity index (χ2v) is 6.79. The van der Waals surface area contributed by atoms with Crippen molar-refractivity contribution < 1.29 is 23.0 Å². The lowest BCUT2D eigenvalue weighted by Gasteiger charge is -2.20. The van der Waals surface area contributed by atoms with E-state index in [1.807, 2.05) is 20.8 Å². The summed E-state index contributed by atoms with van der Waals surface area (Å²) in [5.74, 6) is 0.804. The molecule has 162 valence electrons. The Balaban J connectivity index is 0.00000729. The fourth-order valence-corrected chi connectivity index (χ4v) is 2.28. The van der Waals surface area contributed by atoms with Crippen LogP contribution in [0.25, 0.3) is 0 Å². The fraction of sp³-hybridized carbons (Fsp3) is 0.632. The van der Waals surface area contributed by atoms with Crippen LogP contribution in [0.15, 0.2) is 29.3 Å². The molecule has 2 unspecified atom stereocenters. The molecule has 0 bridgehead atoms. The third-order valence-electron chi connectivity index (χ3n) is 3.63. The number of alkyl halides is 3. The van der Waals surface area contributed by atoms with Gasteiger partial charge in [0.2, 0.25) is 0 Å². The van der Waals surface area contributed by atoms with Crippen LogP contribution in [0, 0.1) is 5.92 Å². The molecule has 0 saturated carbocycles. The van der Waals surface area contributed by atoms with Gasteiger partial charge >= 0.3 is 6.18 Å². The molecule has 0 aliphatic rings. The second-order valence-electron chi connectivity index (χ2n) is 6.79. The Hall–Kier alpha value is -1.07. The van der Waals surface area contributed by atoms with E-state index >= 15 is 0 Å². The van der Waals surface area contributed by atoms with Crippen molar-refractivity contribution >= 4 is 29.9 Å². The monoisotopic (exact) mass is 517 g/mol. The molecule has 1 aromatic rings. The van der Waals surface area contributed by atoms with E-state index in [4.69, 9.17) is 4.74 Å². The van der Waals surface area contributed by atoms with Gasteiger partial charge in [-0.3, -0.25) is 4.99 Å². The van der Waals surface area contributed by atoms with E-state index in [0.717, 1.165) is 12.1 Å². The summed E-state index contributed by atoms with van der Waals surface area (Å²) in [4.78, 5) is 4.29.